The van der Waals surface area contributed by atoms with Crippen molar-refractivity contribution in [2.24, 2.45) is 0 Å². The van der Waals surface area contributed by atoms with E-state index in [1.54, 1.807) is 35.2 Å². The quantitative estimate of drug-likeness (QED) is 0.254. The van der Waals surface area contributed by atoms with Gasteiger partial charge < -0.3 is 23.8 Å². The predicted octanol–water partition coefficient (Wildman–Crippen LogP) is 5.84. The van der Waals surface area contributed by atoms with Gasteiger partial charge in [-0.15, -0.1) is 0 Å². The number of amides is 1. The normalized spacial score (nSPS) is 17.3. The lowest BCUT2D eigenvalue weighted by molar-refractivity contribution is -0.114. The average Bonchev–Trinajstić information content (AvgIpc) is 2.97. The maximum atomic E-state index is 13.8. The molecule has 3 aromatic carbocycles. The molecule has 1 atom stereocenters. The first-order valence-electron chi connectivity index (χ1n) is 12.4. The molecule has 1 aliphatic rings. The molecular weight excluding hydrogens is 617 g/mol. The van der Waals surface area contributed by atoms with Crippen molar-refractivity contribution in [2.45, 2.75) is 16.9 Å². The first kappa shape index (κ1) is 31.2. The number of nitrogens with zero attached hydrogens (tertiary/aromatic N) is 1. The van der Waals surface area contributed by atoms with Gasteiger partial charge >= 0.3 is 0 Å². The van der Waals surface area contributed by atoms with Crippen LogP contribution < -0.4 is 14.2 Å². The first-order chi connectivity index (χ1) is 19.5. The Morgan fingerprint density at radius 1 is 0.927 bits per heavy atom. The van der Waals surface area contributed by atoms with Crippen LogP contribution in [0.1, 0.15) is 22.3 Å². The van der Waals surface area contributed by atoms with Crippen LogP contribution in [0, 0.1) is 0 Å². The van der Waals surface area contributed by atoms with Crippen LogP contribution in [0.5, 0.6) is 17.2 Å². The second-order valence-electron chi connectivity index (χ2n) is 9.09. The smallest absolute Gasteiger partial charge is 0.296 e. The van der Waals surface area contributed by atoms with Crippen LogP contribution in [0.3, 0.4) is 0 Å². The summed E-state index contributed by atoms with van der Waals surface area (Å²) in [4.78, 5) is 15.3. The van der Waals surface area contributed by atoms with E-state index in [9.17, 15) is 13.2 Å². The largest absolute Gasteiger partial charge is 0.493 e. The lowest BCUT2D eigenvalue weighted by atomic mass is 9.88. The molecule has 0 aliphatic carbocycles. The third-order valence-electron chi connectivity index (χ3n) is 6.68. The second kappa shape index (κ2) is 13.1. The Kier molecular flexibility index (Phi) is 9.94. The van der Waals surface area contributed by atoms with Crippen molar-refractivity contribution in [1.82, 2.24) is 4.90 Å². The molecule has 0 aromatic heterocycles. The molecule has 1 amide bonds. The third-order valence-corrected chi connectivity index (χ3v) is 8.99. The van der Waals surface area contributed by atoms with Crippen molar-refractivity contribution in [3.8, 4) is 17.2 Å². The highest BCUT2D eigenvalue weighted by Crippen LogP contribution is 2.40. The summed E-state index contributed by atoms with van der Waals surface area (Å²) in [5, 5.41) is 1.03. The Morgan fingerprint density at radius 2 is 1.59 bits per heavy atom. The second-order valence-corrected chi connectivity index (χ2v) is 12.0. The fourth-order valence-corrected chi connectivity index (χ4v) is 5.91. The van der Waals surface area contributed by atoms with E-state index < -0.39 is 15.7 Å². The Morgan fingerprint density at radius 3 is 2.17 bits per heavy atom. The summed E-state index contributed by atoms with van der Waals surface area (Å²) in [6.45, 7) is 0.283. The SMILES string of the molecule is COc1cc(C(=O)N2CCO[C@](CCOS(=O)(=O)c3ccc(Cl)cc3)(c3ccc(Cl)c(Cl)c3)C2)cc(OC)c1OC. The van der Waals surface area contributed by atoms with Crippen LogP contribution in [0.4, 0.5) is 0 Å². The van der Waals surface area contributed by atoms with E-state index in [0.29, 0.717) is 38.4 Å². The summed E-state index contributed by atoms with van der Waals surface area (Å²) in [5.74, 6) is 0.712. The molecule has 0 radical (unpaired) electrons. The number of halogens is 3. The highest BCUT2D eigenvalue weighted by Gasteiger charge is 2.41. The number of hydrogen-bond donors (Lipinski definition) is 0. The van der Waals surface area contributed by atoms with Gasteiger partial charge in [-0.1, -0.05) is 40.9 Å². The molecule has 13 heteroatoms. The van der Waals surface area contributed by atoms with Gasteiger partial charge in [-0.25, -0.2) is 0 Å². The molecule has 3 aromatic rings. The third kappa shape index (κ3) is 6.85. The maximum Gasteiger partial charge on any atom is 0.296 e. The van der Waals surface area contributed by atoms with Crippen molar-refractivity contribution >= 4 is 50.8 Å². The lowest BCUT2D eigenvalue weighted by Gasteiger charge is -2.43. The van der Waals surface area contributed by atoms with E-state index in [2.05, 4.69) is 0 Å². The van der Waals surface area contributed by atoms with E-state index in [0.717, 1.165) is 0 Å². The Labute approximate surface area is 253 Å². The van der Waals surface area contributed by atoms with Crippen molar-refractivity contribution in [1.29, 1.82) is 0 Å². The maximum absolute atomic E-state index is 13.8. The van der Waals surface area contributed by atoms with Crippen LogP contribution in [0.25, 0.3) is 0 Å². The highest BCUT2D eigenvalue weighted by molar-refractivity contribution is 7.86. The topological polar surface area (TPSA) is 101 Å². The van der Waals surface area contributed by atoms with E-state index in [1.165, 1.54) is 45.6 Å². The van der Waals surface area contributed by atoms with Crippen LogP contribution in [-0.2, 0) is 24.6 Å². The monoisotopic (exact) mass is 643 g/mol. The number of hydrogen-bond acceptors (Lipinski definition) is 8. The van der Waals surface area contributed by atoms with Gasteiger partial charge in [0.05, 0.1) is 56.0 Å². The molecule has 41 heavy (non-hydrogen) atoms. The van der Waals surface area contributed by atoms with Gasteiger partial charge in [0.25, 0.3) is 16.0 Å². The van der Waals surface area contributed by atoms with Crippen LogP contribution in [0.2, 0.25) is 15.1 Å². The van der Waals surface area contributed by atoms with E-state index in [-0.39, 0.29) is 48.5 Å². The summed E-state index contributed by atoms with van der Waals surface area (Å²) < 4.78 is 53.5. The number of benzene rings is 3. The summed E-state index contributed by atoms with van der Waals surface area (Å²) in [6, 6.07) is 13.8. The molecule has 0 N–H and O–H groups in total. The number of morpholine rings is 1. The lowest BCUT2D eigenvalue weighted by Crippen LogP contribution is -2.52. The van der Waals surface area contributed by atoms with Gasteiger partial charge in [-0.05, 0) is 54.1 Å². The molecule has 0 unspecified atom stereocenters. The van der Waals surface area contributed by atoms with E-state index in [1.807, 2.05) is 0 Å². The Balaban J connectivity index is 1.64. The van der Waals surface area contributed by atoms with Crippen molar-refractivity contribution in [3.63, 3.8) is 0 Å². The summed E-state index contributed by atoms with van der Waals surface area (Å²) in [6.07, 6.45) is 0.0802. The molecule has 0 saturated carbocycles. The van der Waals surface area contributed by atoms with Crippen LogP contribution in [0.15, 0.2) is 59.5 Å². The summed E-state index contributed by atoms with van der Waals surface area (Å²) >= 11 is 18.4. The minimum Gasteiger partial charge on any atom is -0.493 e. The summed E-state index contributed by atoms with van der Waals surface area (Å²) in [7, 11) is 0.331. The molecule has 220 valence electrons. The zero-order valence-electron chi connectivity index (χ0n) is 22.5. The fraction of sp³-hybridized carbons (Fsp3) is 0.321. The van der Waals surface area contributed by atoms with Gasteiger partial charge in [0, 0.05) is 23.6 Å². The number of methoxy groups -OCH3 is 3. The van der Waals surface area contributed by atoms with E-state index in [4.69, 9.17) is 57.9 Å². The van der Waals surface area contributed by atoms with Crippen molar-refractivity contribution in [3.05, 3.63) is 80.8 Å². The average molecular weight is 645 g/mol. The molecule has 0 spiro atoms. The minimum absolute atomic E-state index is 0.0331. The van der Waals surface area contributed by atoms with Crippen molar-refractivity contribution < 1.29 is 36.3 Å². The molecule has 9 nitrogen and oxygen atoms in total. The van der Waals surface area contributed by atoms with Gasteiger partial charge in [0.2, 0.25) is 5.75 Å². The summed E-state index contributed by atoms with van der Waals surface area (Å²) in [5.41, 5.74) is -0.231. The minimum atomic E-state index is -4.08. The standard InChI is InChI=1S/C28H28Cl3NO8S/c1-36-24-14-18(15-25(37-2)26(24)38-3)27(33)32-11-13-39-28(17-32,19-4-9-22(30)23(31)16-19)10-12-40-41(34,35)21-7-5-20(29)6-8-21/h4-9,14-16H,10-13,17H2,1-3H3/t28-/m0/s1. The Hall–Kier alpha value is -2.73. The van der Waals surface area contributed by atoms with Gasteiger partial charge in [0.1, 0.15) is 5.60 Å². The molecule has 1 heterocycles. The molecule has 4 rings (SSSR count). The number of carbonyl (C=O) groups excluding carboxylic acids is 1. The number of rotatable bonds is 10. The number of ether oxygens (including phenoxy) is 4. The van der Waals surface area contributed by atoms with Crippen molar-refractivity contribution in [2.75, 3.05) is 47.6 Å². The molecule has 1 fully saturated rings. The number of carbonyl (C=O) groups is 1. The predicted molar refractivity (Wildman–Crippen MR) is 155 cm³/mol. The molecule has 1 saturated heterocycles. The zero-order valence-corrected chi connectivity index (χ0v) is 25.6. The van der Waals surface area contributed by atoms with Gasteiger partial charge in [-0.2, -0.15) is 8.42 Å². The molecule has 0 bridgehead atoms. The zero-order chi connectivity index (χ0) is 29.8. The van der Waals surface area contributed by atoms with Crippen LogP contribution in [-0.4, -0.2) is 66.9 Å². The van der Waals surface area contributed by atoms with Gasteiger partial charge in [-0.3, -0.25) is 8.98 Å². The van der Waals surface area contributed by atoms with Crippen LogP contribution >= 0.6 is 34.8 Å². The highest BCUT2D eigenvalue weighted by atomic mass is 35.5. The van der Waals surface area contributed by atoms with E-state index >= 15 is 0 Å². The molecular formula is C28H28Cl3NO8S. The molecule has 1 aliphatic heterocycles. The fourth-order valence-electron chi connectivity index (χ4n) is 4.58. The first-order valence-corrected chi connectivity index (χ1v) is 14.9. The Bertz CT molecular complexity index is 1490. The van der Waals surface area contributed by atoms with Gasteiger partial charge in [0.15, 0.2) is 11.5 Å².